The Balaban J connectivity index is 1.89. The first-order valence-corrected chi connectivity index (χ1v) is 9.78. The summed E-state index contributed by atoms with van der Waals surface area (Å²) in [6.45, 7) is 4.31. The molecule has 2 aromatic rings. The molecule has 0 aromatic heterocycles. The molecule has 0 aliphatic heterocycles. The zero-order valence-corrected chi connectivity index (χ0v) is 15.3. The highest BCUT2D eigenvalue weighted by Crippen LogP contribution is 2.13. The Morgan fingerprint density at radius 2 is 1.64 bits per heavy atom. The van der Waals surface area contributed by atoms with Crippen molar-refractivity contribution >= 4 is 21.6 Å². The van der Waals surface area contributed by atoms with Gasteiger partial charge in [-0.1, -0.05) is 44.2 Å². The maximum absolute atomic E-state index is 12.1. The zero-order valence-electron chi connectivity index (χ0n) is 14.5. The number of amides is 1. The highest BCUT2D eigenvalue weighted by molar-refractivity contribution is 7.89. The highest BCUT2D eigenvalue weighted by Gasteiger charge is 2.14. The Kier molecular flexibility index (Phi) is 6.73. The standard InChI is InChI=1S/C19H24N2O3S/c1-15(2)14-20-25(23,24)18-11-8-16(9-12-18)10-13-19(22)21-17-6-4-3-5-7-17/h3-9,11-12,15,20H,10,13-14H2,1-2H3,(H,21,22). The summed E-state index contributed by atoms with van der Waals surface area (Å²) in [5, 5.41) is 2.83. The van der Waals surface area contributed by atoms with Crippen LogP contribution in [0.2, 0.25) is 0 Å². The van der Waals surface area contributed by atoms with Gasteiger partial charge in [-0.2, -0.15) is 0 Å². The Bertz CT molecular complexity index is 785. The predicted octanol–water partition coefficient (Wildman–Crippen LogP) is 3.19. The second-order valence-corrected chi connectivity index (χ2v) is 8.07. The smallest absolute Gasteiger partial charge is 0.240 e. The SMILES string of the molecule is CC(C)CNS(=O)(=O)c1ccc(CCC(=O)Nc2ccccc2)cc1. The fraction of sp³-hybridized carbons (Fsp3) is 0.316. The molecule has 2 rings (SSSR count). The van der Waals surface area contributed by atoms with Gasteiger partial charge >= 0.3 is 0 Å². The van der Waals surface area contributed by atoms with Crippen LogP contribution in [-0.4, -0.2) is 20.9 Å². The molecule has 0 aliphatic rings. The van der Waals surface area contributed by atoms with Crippen LogP contribution < -0.4 is 10.0 Å². The molecule has 0 spiro atoms. The molecule has 5 nitrogen and oxygen atoms in total. The summed E-state index contributed by atoms with van der Waals surface area (Å²) in [6.07, 6.45) is 0.894. The van der Waals surface area contributed by atoms with E-state index in [0.29, 0.717) is 19.4 Å². The second kappa shape index (κ2) is 8.78. The van der Waals surface area contributed by atoms with Crippen LogP contribution in [0.1, 0.15) is 25.8 Å². The van der Waals surface area contributed by atoms with Crippen LogP contribution in [0.15, 0.2) is 59.5 Å². The van der Waals surface area contributed by atoms with Crippen molar-refractivity contribution in [3.63, 3.8) is 0 Å². The largest absolute Gasteiger partial charge is 0.326 e. The molecule has 2 aromatic carbocycles. The van der Waals surface area contributed by atoms with E-state index in [4.69, 9.17) is 0 Å². The van der Waals surface area contributed by atoms with Gasteiger partial charge in [0.25, 0.3) is 0 Å². The molecular weight excluding hydrogens is 336 g/mol. The number of benzene rings is 2. The molecule has 0 saturated heterocycles. The number of carbonyl (C=O) groups is 1. The molecule has 134 valence electrons. The summed E-state index contributed by atoms with van der Waals surface area (Å²) in [6, 6.07) is 15.9. The Morgan fingerprint density at radius 3 is 2.24 bits per heavy atom. The lowest BCUT2D eigenvalue weighted by molar-refractivity contribution is -0.116. The summed E-state index contributed by atoms with van der Waals surface area (Å²) in [5.41, 5.74) is 1.69. The molecule has 25 heavy (non-hydrogen) atoms. The van der Waals surface area contributed by atoms with Crippen molar-refractivity contribution in [3.05, 3.63) is 60.2 Å². The van der Waals surface area contributed by atoms with E-state index in [1.165, 1.54) is 0 Å². The van der Waals surface area contributed by atoms with Gasteiger partial charge in [-0.3, -0.25) is 4.79 Å². The highest BCUT2D eigenvalue weighted by atomic mass is 32.2. The molecule has 0 unspecified atom stereocenters. The van der Waals surface area contributed by atoms with Crippen molar-refractivity contribution in [2.45, 2.75) is 31.6 Å². The summed E-state index contributed by atoms with van der Waals surface area (Å²) < 4.78 is 26.9. The van der Waals surface area contributed by atoms with Gasteiger partial charge in [0, 0.05) is 18.7 Å². The quantitative estimate of drug-likeness (QED) is 0.759. The van der Waals surface area contributed by atoms with E-state index in [-0.39, 0.29) is 16.7 Å². The molecule has 0 fully saturated rings. The Hall–Kier alpha value is -2.18. The third-order valence-corrected chi connectivity index (χ3v) is 5.05. The lowest BCUT2D eigenvalue weighted by Gasteiger charge is -2.09. The van der Waals surface area contributed by atoms with Gasteiger partial charge in [0.1, 0.15) is 0 Å². The van der Waals surface area contributed by atoms with Crippen LogP contribution in [0.25, 0.3) is 0 Å². The fourth-order valence-electron chi connectivity index (χ4n) is 2.20. The molecule has 6 heteroatoms. The molecule has 0 saturated carbocycles. The van der Waals surface area contributed by atoms with Gasteiger partial charge in [-0.25, -0.2) is 13.1 Å². The molecular formula is C19H24N2O3S. The fourth-order valence-corrected chi connectivity index (χ4v) is 3.41. The summed E-state index contributed by atoms with van der Waals surface area (Å²) in [4.78, 5) is 12.2. The minimum Gasteiger partial charge on any atom is -0.326 e. The maximum Gasteiger partial charge on any atom is 0.240 e. The van der Waals surface area contributed by atoms with Crippen molar-refractivity contribution in [2.75, 3.05) is 11.9 Å². The average molecular weight is 360 g/mol. The van der Waals surface area contributed by atoms with Crippen molar-refractivity contribution < 1.29 is 13.2 Å². The van der Waals surface area contributed by atoms with Crippen molar-refractivity contribution in [1.82, 2.24) is 4.72 Å². The van der Waals surface area contributed by atoms with Crippen LogP contribution in [0.4, 0.5) is 5.69 Å². The van der Waals surface area contributed by atoms with Gasteiger partial charge < -0.3 is 5.32 Å². The van der Waals surface area contributed by atoms with E-state index in [1.54, 1.807) is 24.3 Å². The molecule has 0 heterocycles. The molecule has 1 amide bonds. The van der Waals surface area contributed by atoms with E-state index in [0.717, 1.165) is 11.3 Å². The Labute approximate surface area is 149 Å². The van der Waals surface area contributed by atoms with Gasteiger partial charge in [-0.05, 0) is 42.2 Å². The first-order chi connectivity index (χ1) is 11.9. The average Bonchev–Trinajstić information content (AvgIpc) is 2.59. The molecule has 0 aliphatic carbocycles. The van der Waals surface area contributed by atoms with Gasteiger partial charge in [-0.15, -0.1) is 0 Å². The minimum atomic E-state index is -3.47. The van der Waals surface area contributed by atoms with Crippen LogP contribution >= 0.6 is 0 Å². The monoisotopic (exact) mass is 360 g/mol. The van der Waals surface area contributed by atoms with E-state index in [2.05, 4.69) is 10.0 Å². The normalized spacial score (nSPS) is 11.5. The van der Waals surface area contributed by atoms with Gasteiger partial charge in [0.15, 0.2) is 0 Å². The van der Waals surface area contributed by atoms with E-state index in [9.17, 15) is 13.2 Å². The number of para-hydroxylation sites is 1. The topological polar surface area (TPSA) is 75.3 Å². The van der Waals surface area contributed by atoms with Crippen molar-refractivity contribution in [1.29, 1.82) is 0 Å². The molecule has 0 bridgehead atoms. The first-order valence-electron chi connectivity index (χ1n) is 8.30. The lowest BCUT2D eigenvalue weighted by Crippen LogP contribution is -2.27. The van der Waals surface area contributed by atoms with Crippen molar-refractivity contribution in [3.8, 4) is 0 Å². The van der Waals surface area contributed by atoms with E-state index >= 15 is 0 Å². The van der Waals surface area contributed by atoms with E-state index in [1.807, 2.05) is 44.2 Å². The van der Waals surface area contributed by atoms with Crippen LogP contribution in [0.3, 0.4) is 0 Å². The Morgan fingerprint density at radius 1 is 1.00 bits per heavy atom. The number of aryl methyl sites for hydroxylation is 1. The van der Waals surface area contributed by atoms with Gasteiger partial charge in [0.2, 0.25) is 15.9 Å². The van der Waals surface area contributed by atoms with Crippen LogP contribution in [0.5, 0.6) is 0 Å². The summed E-state index contributed by atoms with van der Waals surface area (Å²) in [5.74, 6) is 0.179. The molecule has 2 N–H and O–H groups in total. The third-order valence-electron chi connectivity index (χ3n) is 3.61. The van der Waals surface area contributed by atoms with Crippen molar-refractivity contribution in [2.24, 2.45) is 5.92 Å². The minimum absolute atomic E-state index is 0.0681. The number of sulfonamides is 1. The summed E-state index contributed by atoms with van der Waals surface area (Å²) in [7, 11) is -3.47. The number of carbonyl (C=O) groups excluding carboxylic acids is 1. The number of hydrogen-bond acceptors (Lipinski definition) is 3. The number of nitrogens with one attached hydrogen (secondary N) is 2. The lowest BCUT2D eigenvalue weighted by atomic mass is 10.1. The van der Waals surface area contributed by atoms with Crippen LogP contribution in [-0.2, 0) is 21.2 Å². The summed E-state index contributed by atoms with van der Waals surface area (Å²) >= 11 is 0. The third kappa shape index (κ3) is 6.32. The second-order valence-electron chi connectivity index (χ2n) is 6.30. The van der Waals surface area contributed by atoms with Crippen LogP contribution in [0, 0.1) is 5.92 Å². The number of hydrogen-bond donors (Lipinski definition) is 2. The maximum atomic E-state index is 12.1. The molecule has 0 radical (unpaired) electrons. The zero-order chi connectivity index (χ0) is 18.3. The molecule has 0 atom stereocenters. The van der Waals surface area contributed by atoms with Gasteiger partial charge in [0.05, 0.1) is 4.90 Å². The predicted molar refractivity (Wildman–Crippen MR) is 99.9 cm³/mol. The number of anilines is 1. The number of rotatable bonds is 8. The van der Waals surface area contributed by atoms with E-state index < -0.39 is 10.0 Å². The first kappa shape index (κ1) is 19.1.